The van der Waals surface area contributed by atoms with Crippen LogP contribution in [-0.2, 0) is 6.54 Å². The largest absolute Gasteiger partial charge is 0.493 e. The van der Waals surface area contributed by atoms with Crippen molar-refractivity contribution in [1.29, 1.82) is 0 Å². The van der Waals surface area contributed by atoms with Gasteiger partial charge in [-0.25, -0.2) is 0 Å². The molecule has 0 atom stereocenters. The van der Waals surface area contributed by atoms with Crippen LogP contribution in [0.5, 0.6) is 5.75 Å². The van der Waals surface area contributed by atoms with E-state index in [4.69, 9.17) is 4.74 Å². The van der Waals surface area contributed by atoms with Crippen molar-refractivity contribution >= 4 is 0 Å². The standard InChI is InChI=1S/C15H24N2O/c1-2-12-18-15-7-4-3-6-14(15)13-17-10-5-8-16-9-11-17/h3-4,6-7,16H,2,5,8-13H2,1H3. The van der Waals surface area contributed by atoms with Gasteiger partial charge in [0.25, 0.3) is 0 Å². The molecule has 0 spiro atoms. The van der Waals surface area contributed by atoms with E-state index in [2.05, 4.69) is 41.4 Å². The van der Waals surface area contributed by atoms with Crippen LogP contribution in [-0.4, -0.2) is 37.7 Å². The summed E-state index contributed by atoms with van der Waals surface area (Å²) < 4.78 is 5.82. The molecule has 1 aliphatic rings. The van der Waals surface area contributed by atoms with Gasteiger partial charge in [0.1, 0.15) is 5.75 Å². The Balaban J connectivity index is 1.98. The van der Waals surface area contributed by atoms with Crippen LogP contribution in [0.25, 0.3) is 0 Å². The number of rotatable bonds is 5. The topological polar surface area (TPSA) is 24.5 Å². The number of para-hydroxylation sites is 1. The van der Waals surface area contributed by atoms with Crippen LogP contribution in [0, 0.1) is 0 Å². The predicted molar refractivity (Wildman–Crippen MR) is 75.0 cm³/mol. The Morgan fingerprint density at radius 2 is 2.11 bits per heavy atom. The van der Waals surface area contributed by atoms with E-state index in [9.17, 15) is 0 Å². The lowest BCUT2D eigenvalue weighted by Gasteiger charge is -2.21. The maximum Gasteiger partial charge on any atom is 0.123 e. The third-order valence-electron chi connectivity index (χ3n) is 3.26. The van der Waals surface area contributed by atoms with Crippen LogP contribution in [0.3, 0.4) is 0 Å². The second-order valence-corrected chi connectivity index (χ2v) is 4.84. The SMILES string of the molecule is CCCOc1ccccc1CN1CCCNCC1. The van der Waals surface area contributed by atoms with Crippen LogP contribution in [0.2, 0.25) is 0 Å². The zero-order chi connectivity index (χ0) is 12.6. The van der Waals surface area contributed by atoms with Crippen LogP contribution in [0.15, 0.2) is 24.3 Å². The van der Waals surface area contributed by atoms with Crippen molar-refractivity contribution in [3.63, 3.8) is 0 Å². The van der Waals surface area contributed by atoms with Gasteiger partial charge in [0.05, 0.1) is 6.61 Å². The first-order chi connectivity index (χ1) is 8.90. The Kier molecular flexibility index (Phi) is 5.49. The van der Waals surface area contributed by atoms with Gasteiger partial charge in [0.2, 0.25) is 0 Å². The molecule has 2 rings (SSSR count). The third kappa shape index (κ3) is 4.00. The van der Waals surface area contributed by atoms with Crippen molar-refractivity contribution in [2.24, 2.45) is 0 Å². The molecule has 1 heterocycles. The summed E-state index contributed by atoms with van der Waals surface area (Å²) in [6, 6.07) is 8.42. The van der Waals surface area contributed by atoms with Gasteiger partial charge in [0.15, 0.2) is 0 Å². The average Bonchev–Trinajstić information content (AvgIpc) is 2.66. The maximum absolute atomic E-state index is 5.82. The molecule has 1 saturated heterocycles. The van der Waals surface area contributed by atoms with Gasteiger partial charge in [-0.05, 0) is 32.0 Å². The number of hydrogen-bond acceptors (Lipinski definition) is 3. The number of hydrogen-bond donors (Lipinski definition) is 1. The van der Waals surface area contributed by atoms with Gasteiger partial charge in [-0.1, -0.05) is 25.1 Å². The summed E-state index contributed by atoms with van der Waals surface area (Å²) >= 11 is 0. The van der Waals surface area contributed by atoms with Crippen molar-refractivity contribution in [3.05, 3.63) is 29.8 Å². The number of nitrogens with zero attached hydrogens (tertiary/aromatic N) is 1. The number of nitrogens with one attached hydrogen (secondary N) is 1. The quantitative estimate of drug-likeness (QED) is 0.865. The second kappa shape index (κ2) is 7.39. The minimum absolute atomic E-state index is 0.804. The Morgan fingerprint density at radius 1 is 1.22 bits per heavy atom. The zero-order valence-corrected chi connectivity index (χ0v) is 11.3. The Labute approximate surface area is 110 Å². The molecule has 0 aromatic heterocycles. The summed E-state index contributed by atoms with van der Waals surface area (Å²) in [5, 5.41) is 3.44. The summed E-state index contributed by atoms with van der Waals surface area (Å²) in [6.07, 6.45) is 2.29. The molecule has 1 aromatic rings. The first-order valence-corrected chi connectivity index (χ1v) is 7.04. The van der Waals surface area contributed by atoms with Crippen molar-refractivity contribution < 1.29 is 4.74 Å². The minimum Gasteiger partial charge on any atom is -0.493 e. The lowest BCUT2D eigenvalue weighted by molar-refractivity contribution is 0.269. The van der Waals surface area contributed by atoms with E-state index >= 15 is 0 Å². The summed E-state index contributed by atoms with van der Waals surface area (Å²) in [7, 11) is 0. The summed E-state index contributed by atoms with van der Waals surface area (Å²) in [6.45, 7) is 8.49. The Bertz CT molecular complexity index is 346. The fourth-order valence-electron chi connectivity index (χ4n) is 2.29. The van der Waals surface area contributed by atoms with E-state index in [0.717, 1.165) is 45.0 Å². The highest BCUT2D eigenvalue weighted by Crippen LogP contribution is 2.20. The Morgan fingerprint density at radius 3 is 3.00 bits per heavy atom. The molecule has 1 fully saturated rings. The van der Waals surface area contributed by atoms with Crippen LogP contribution < -0.4 is 10.1 Å². The summed E-state index contributed by atoms with van der Waals surface area (Å²) in [5.41, 5.74) is 1.31. The molecule has 3 heteroatoms. The summed E-state index contributed by atoms with van der Waals surface area (Å²) in [5.74, 6) is 1.05. The monoisotopic (exact) mass is 248 g/mol. The predicted octanol–water partition coefficient (Wildman–Crippen LogP) is 2.27. The van der Waals surface area contributed by atoms with E-state index in [0.29, 0.717) is 0 Å². The highest BCUT2D eigenvalue weighted by molar-refractivity contribution is 5.33. The third-order valence-corrected chi connectivity index (χ3v) is 3.26. The molecule has 1 aromatic carbocycles. The van der Waals surface area contributed by atoms with Crippen molar-refractivity contribution in [3.8, 4) is 5.75 Å². The Hall–Kier alpha value is -1.06. The highest BCUT2D eigenvalue weighted by Gasteiger charge is 2.11. The van der Waals surface area contributed by atoms with Crippen molar-refractivity contribution in [1.82, 2.24) is 10.2 Å². The van der Waals surface area contributed by atoms with Gasteiger partial charge in [-0.15, -0.1) is 0 Å². The van der Waals surface area contributed by atoms with Gasteiger partial charge in [-0.3, -0.25) is 4.90 Å². The molecule has 18 heavy (non-hydrogen) atoms. The second-order valence-electron chi connectivity index (χ2n) is 4.84. The van der Waals surface area contributed by atoms with E-state index in [1.54, 1.807) is 0 Å². The molecule has 0 aliphatic carbocycles. The highest BCUT2D eigenvalue weighted by atomic mass is 16.5. The van der Waals surface area contributed by atoms with Crippen LogP contribution >= 0.6 is 0 Å². The van der Waals surface area contributed by atoms with E-state index in [-0.39, 0.29) is 0 Å². The molecule has 3 nitrogen and oxygen atoms in total. The normalized spacial score (nSPS) is 17.4. The first-order valence-electron chi connectivity index (χ1n) is 7.04. The average molecular weight is 248 g/mol. The fourth-order valence-corrected chi connectivity index (χ4v) is 2.29. The van der Waals surface area contributed by atoms with Gasteiger partial charge >= 0.3 is 0 Å². The molecule has 1 N–H and O–H groups in total. The maximum atomic E-state index is 5.82. The molecule has 0 bridgehead atoms. The first kappa shape index (κ1) is 13.4. The smallest absolute Gasteiger partial charge is 0.123 e. The van der Waals surface area contributed by atoms with Crippen LogP contribution in [0.1, 0.15) is 25.3 Å². The molecule has 1 aliphatic heterocycles. The van der Waals surface area contributed by atoms with Crippen LogP contribution in [0.4, 0.5) is 0 Å². The summed E-state index contributed by atoms with van der Waals surface area (Å²) in [4.78, 5) is 2.51. The molecule has 0 radical (unpaired) electrons. The molecule has 0 amide bonds. The minimum atomic E-state index is 0.804. The lowest BCUT2D eigenvalue weighted by Crippen LogP contribution is -2.27. The molecule has 0 unspecified atom stereocenters. The fraction of sp³-hybridized carbons (Fsp3) is 0.600. The van der Waals surface area contributed by atoms with E-state index < -0.39 is 0 Å². The molecular weight excluding hydrogens is 224 g/mol. The number of ether oxygens (including phenoxy) is 1. The molecule has 0 saturated carbocycles. The van der Waals surface area contributed by atoms with Gasteiger partial charge in [-0.2, -0.15) is 0 Å². The van der Waals surface area contributed by atoms with E-state index in [1.165, 1.54) is 18.5 Å². The van der Waals surface area contributed by atoms with E-state index in [1.807, 2.05) is 0 Å². The number of benzene rings is 1. The van der Waals surface area contributed by atoms with Crippen molar-refractivity contribution in [2.75, 3.05) is 32.8 Å². The zero-order valence-electron chi connectivity index (χ0n) is 11.3. The lowest BCUT2D eigenvalue weighted by atomic mass is 10.2. The molecule has 100 valence electrons. The van der Waals surface area contributed by atoms with Crippen molar-refractivity contribution in [2.45, 2.75) is 26.3 Å². The van der Waals surface area contributed by atoms with Gasteiger partial charge < -0.3 is 10.1 Å². The molecular formula is C15H24N2O. The van der Waals surface area contributed by atoms with Gasteiger partial charge in [0, 0.05) is 25.2 Å².